The molecule has 0 fully saturated rings. The van der Waals surface area contributed by atoms with Crippen molar-refractivity contribution >= 4 is 21.9 Å². The number of allylic oxidation sites excluding steroid dienone is 4. The topological polar surface area (TPSA) is 0 Å². The fourth-order valence-corrected chi connectivity index (χ4v) is 6.26. The van der Waals surface area contributed by atoms with E-state index in [-0.39, 0.29) is 0 Å². The van der Waals surface area contributed by atoms with Gasteiger partial charge < -0.3 is 0 Å². The normalized spacial score (nSPS) is 19.8. The Morgan fingerprint density at radius 1 is 0.656 bits per heavy atom. The zero-order valence-corrected chi connectivity index (χ0v) is 18.0. The molecule has 0 heteroatoms. The Bertz CT molecular complexity index is 1580. The molecular weight excluding hydrogens is 384 g/mol. The molecule has 0 aliphatic heterocycles. The third-order valence-corrected chi connectivity index (χ3v) is 7.63. The number of hydrogen-bond acceptors (Lipinski definition) is 0. The van der Waals surface area contributed by atoms with E-state index in [9.17, 15) is 0 Å². The SMILES string of the molecule is C1=CC2=c3ccccc3=C(CCC3c4ccccc4-c4c3ccc3ccccc43)C2C=C1. The first-order chi connectivity index (χ1) is 15.9. The summed E-state index contributed by atoms with van der Waals surface area (Å²) in [5, 5.41) is 5.59. The molecule has 0 radical (unpaired) electrons. The molecule has 0 heterocycles. The van der Waals surface area contributed by atoms with Gasteiger partial charge in [-0.05, 0) is 61.9 Å². The molecule has 0 saturated carbocycles. The second-order valence-corrected chi connectivity index (χ2v) is 9.18. The van der Waals surface area contributed by atoms with Crippen LogP contribution in [0.5, 0.6) is 0 Å². The molecule has 0 N–H and O–H groups in total. The number of fused-ring (bicyclic) bond motifs is 7. The van der Waals surface area contributed by atoms with Crippen molar-refractivity contribution in [1.82, 2.24) is 0 Å². The number of hydrogen-bond donors (Lipinski definition) is 0. The summed E-state index contributed by atoms with van der Waals surface area (Å²) in [6, 6.07) is 31.6. The lowest BCUT2D eigenvalue weighted by atomic mass is 9.84. The van der Waals surface area contributed by atoms with Crippen LogP contribution in [-0.2, 0) is 0 Å². The average molecular weight is 409 g/mol. The van der Waals surface area contributed by atoms with E-state index in [0.717, 1.165) is 12.8 Å². The van der Waals surface area contributed by atoms with Crippen LogP contribution in [-0.4, -0.2) is 0 Å². The summed E-state index contributed by atoms with van der Waals surface area (Å²) >= 11 is 0. The summed E-state index contributed by atoms with van der Waals surface area (Å²) in [6.07, 6.45) is 11.4. The molecule has 3 aliphatic carbocycles. The monoisotopic (exact) mass is 408 g/mol. The van der Waals surface area contributed by atoms with Gasteiger partial charge in [-0.15, -0.1) is 0 Å². The zero-order chi connectivity index (χ0) is 21.1. The molecule has 0 saturated heterocycles. The molecule has 4 aromatic carbocycles. The van der Waals surface area contributed by atoms with Gasteiger partial charge in [0.25, 0.3) is 0 Å². The van der Waals surface area contributed by atoms with E-state index in [2.05, 4.69) is 109 Å². The van der Waals surface area contributed by atoms with Crippen molar-refractivity contribution in [2.24, 2.45) is 5.92 Å². The lowest BCUT2D eigenvalue weighted by Crippen LogP contribution is -2.23. The minimum atomic E-state index is 0.435. The van der Waals surface area contributed by atoms with Gasteiger partial charge in [0, 0.05) is 11.8 Å². The maximum absolute atomic E-state index is 2.39. The van der Waals surface area contributed by atoms with Crippen molar-refractivity contribution in [2.45, 2.75) is 18.8 Å². The Morgan fingerprint density at radius 2 is 1.47 bits per heavy atom. The van der Waals surface area contributed by atoms with E-state index in [4.69, 9.17) is 0 Å². The fourth-order valence-electron chi connectivity index (χ4n) is 6.26. The van der Waals surface area contributed by atoms with Gasteiger partial charge >= 0.3 is 0 Å². The molecule has 0 spiro atoms. The van der Waals surface area contributed by atoms with E-state index < -0.39 is 0 Å². The van der Waals surface area contributed by atoms with Gasteiger partial charge in [0.2, 0.25) is 0 Å². The smallest absolute Gasteiger partial charge is 0.0246 e. The van der Waals surface area contributed by atoms with Gasteiger partial charge in [-0.3, -0.25) is 0 Å². The van der Waals surface area contributed by atoms with Crippen LogP contribution in [0, 0.1) is 5.92 Å². The molecular formula is C32H24. The summed E-state index contributed by atoms with van der Waals surface area (Å²) < 4.78 is 0. The van der Waals surface area contributed by atoms with Crippen LogP contribution in [0.1, 0.15) is 29.9 Å². The van der Waals surface area contributed by atoms with Crippen LogP contribution in [0.2, 0.25) is 0 Å². The third-order valence-electron chi connectivity index (χ3n) is 7.63. The Balaban J connectivity index is 1.34. The van der Waals surface area contributed by atoms with Crippen molar-refractivity contribution in [2.75, 3.05) is 0 Å². The van der Waals surface area contributed by atoms with Crippen molar-refractivity contribution < 1.29 is 0 Å². The van der Waals surface area contributed by atoms with Crippen LogP contribution in [0.4, 0.5) is 0 Å². The quantitative estimate of drug-likeness (QED) is 0.363. The summed E-state index contributed by atoms with van der Waals surface area (Å²) in [7, 11) is 0. The van der Waals surface area contributed by atoms with Gasteiger partial charge in [0.15, 0.2) is 0 Å². The Labute approximate surface area is 188 Å². The van der Waals surface area contributed by atoms with Crippen LogP contribution in [0.15, 0.2) is 109 Å². The minimum absolute atomic E-state index is 0.435. The predicted molar refractivity (Wildman–Crippen MR) is 135 cm³/mol. The largest absolute Gasteiger partial charge is 0.0729 e. The first kappa shape index (κ1) is 18.0. The number of benzene rings is 4. The average Bonchev–Trinajstić information content (AvgIpc) is 3.36. The van der Waals surface area contributed by atoms with E-state index in [1.807, 2.05) is 0 Å². The lowest BCUT2D eigenvalue weighted by molar-refractivity contribution is 0.737. The third kappa shape index (κ3) is 2.50. The minimum Gasteiger partial charge on any atom is -0.0729 e. The molecule has 7 rings (SSSR count). The van der Waals surface area contributed by atoms with Crippen molar-refractivity contribution in [3.05, 3.63) is 131 Å². The Hall–Kier alpha value is -3.64. The molecule has 0 aromatic heterocycles. The summed E-state index contributed by atoms with van der Waals surface area (Å²) in [6.45, 7) is 0. The van der Waals surface area contributed by atoms with Crippen LogP contribution >= 0.6 is 0 Å². The fraction of sp³-hybridized carbons (Fsp3) is 0.125. The van der Waals surface area contributed by atoms with Crippen LogP contribution in [0.25, 0.3) is 33.0 Å². The summed E-state index contributed by atoms with van der Waals surface area (Å²) in [5.74, 6) is 0.891. The lowest BCUT2D eigenvalue weighted by Gasteiger charge is -2.19. The molecule has 32 heavy (non-hydrogen) atoms. The summed E-state index contributed by atoms with van der Waals surface area (Å²) in [5.41, 5.74) is 8.93. The molecule has 2 unspecified atom stereocenters. The predicted octanol–water partition coefficient (Wildman–Crippen LogP) is 6.49. The van der Waals surface area contributed by atoms with Crippen LogP contribution in [0.3, 0.4) is 0 Å². The highest BCUT2D eigenvalue weighted by Gasteiger charge is 2.31. The molecule has 4 aromatic rings. The second-order valence-electron chi connectivity index (χ2n) is 9.18. The second kappa shape index (κ2) is 6.93. The molecule has 152 valence electrons. The first-order valence-corrected chi connectivity index (χ1v) is 11.7. The van der Waals surface area contributed by atoms with Gasteiger partial charge in [-0.2, -0.15) is 0 Å². The van der Waals surface area contributed by atoms with Gasteiger partial charge in [0.1, 0.15) is 0 Å². The van der Waals surface area contributed by atoms with Crippen molar-refractivity contribution in [3.63, 3.8) is 0 Å². The molecule has 2 atom stereocenters. The van der Waals surface area contributed by atoms with Crippen molar-refractivity contribution in [1.29, 1.82) is 0 Å². The zero-order valence-electron chi connectivity index (χ0n) is 18.0. The highest BCUT2D eigenvalue weighted by Crippen LogP contribution is 2.50. The van der Waals surface area contributed by atoms with E-state index in [0.29, 0.717) is 11.8 Å². The van der Waals surface area contributed by atoms with Crippen LogP contribution < -0.4 is 10.4 Å². The van der Waals surface area contributed by atoms with E-state index in [1.165, 1.54) is 49.0 Å². The highest BCUT2D eigenvalue weighted by molar-refractivity contribution is 6.01. The number of rotatable bonds is 3. The Kier molecular flexibility index (Phi) is 3.90. The van der Waals surface area contributed by atoms with Gasteiger partial charge in [-0.1, -0.05) is 115 Å². The maximum Gasteiger partial charge on any atom is 0.0246 e. The molecule has 0 nitrogen and oxygen atoms in total. The summed E-state index contributed by atoms with van der Waals surface area (Å²) in [4.78, 5) is 0. The molecule has 0 amide bonds. The van der Waals surface area contributed by atoms with Gasteiger partial charge in [0.05, 0.1) is 0 Å². The maximum atomic E-state index is 2.39. The molecule has 3 aliphatic rings. The standard InChI is InChI=1S/C32H24/c1-2-10-22-21(9-1)17-18-31-29(27-15-7-8-16-30(27)32(22)31)20-19-28-25-13-5-3-11-23(25)24-12-4-6-14-26(24)28/h1-18,25,29H,19-20H2. The highest BCUT2D eigenvalue weighted by atomic mass is 14.3. The van der Waals surface area contributed by atoms with Crippen molar-refractivity contribution in [3.8, 4) is 11.1 Å². The Morgan fingerprint density at radius 3 is 2.44 bits per heavy atom. The van der Waals surface area contributed by atoms with E-state index in [1.54, 1.807) is 5.57 Å². The van der Waals surface area contributed by atoms with Gasteiger partial charge in [-0.25, -0.2) is 0 Å². The first-order valence-electron chi connectivity index (χ1n) is 11.7. The van der Waals surface area contributed by atoms with E-state index >= 15 is 0 Å². The molecule has 0 bridgehead atoms.